The van der Waals surface area contributed by atoms with Crippen LogP contribution < -0.4 is 15.4 Å². The molecule has 7 nitrogen and oxygen atoms in total. The van der Waals surface area contributed by atoms with E-state index < -0.39 is 10.0 Å². The highest BCUT2D eigenvalue weighted by molar-refractivity contribution is 7.88. The quantitative estimate of drug-likeness (QED) is 0.379. The first kappa shape index (κ1) is 21.9. The number of aliphatic imine (C=N–C) groups is 1. The van der Waals surface area contributed by atoms with E-state index in [-0.39, 0.29) is 5.75 Å². The van der Waals surface area contributed by atoms with Gasteiger partial charge in [-0.3, -0.25) is 0 Å². The van der Waals surface area contributed by atoms with Gasteiger partial charge >= 0.3 is 0 Å². The van der Waals surface area contributed by atoms with E-state index in [1.807, 2.05) is 43.3 Å². The predicted octanol–water partition coefficient (Wildman–Crippen LogP) is 3.05. The molecule has 0 aliphatic rings. The van der Waals surface area contributed by atoms with Crippen molar-refractivity contribution in [3.63, 3.8) is 0 Å². The average Bonchev–Trinajstić information content (AvgIpc) is 3.06. The second-order valence-corrected chi connectivity index (χ2v) is 8.90. The zero-order valence-corrected chi connectivity index (χ0v) is 18.3. The molecule has 0 saturated heterocycles. The van der Waals surface area contributed by atoms with Gasteiger partial charge in [-0.15, -0.1) is 0 Å². The smallest absolute Gasteiger partial charge is 0.215 e. The molecule has 0 bridgehead atoms. The van der Waals surface area contributed by atoms with Crippen molar-refractivity contribution in [1.29, 1.82) is 0 Å². The normalized spacial score (nSPS) is 12.3. The largest absolute Gasteiger partial charge is 0.459 e. The molecular weight excluding hydrogens is 400 g/mol. The number of hydrogen-bond acceptors (Lipinski definition) is 4. The minimum Gasteiger partial charge on any atom is -0.459 e. The lowest BCUT2D eigenvalue weighted by Gasteiger charge is -2.11. The molecule has 160 valence electrons. The maximum Gasteiger partial charge on any atom is 0.215 e. The summed E-state index contributed by atoms with van der Waals surface area (Å²) >= 11 is 0. The summed E-state index contributed by atoms with van der Waals surface area (Å²) in [5, 5.41) is 7.66. The molecule has 0 atom stereocenters. The van der Waals surface area contributed by atoms with Crippen LogP contribution >= 0.6 is 0 Å². The van der Waals surface area contributed by atoms with E-state index >= 15 is 0 Å². The minimum atomic E-state index is -3.30. The van der Waals surface area contributed by atoms with Crippen LogP contribution in [0, 0.1) is 6.92 Å². The van der Waals surface area contributed by atoms with Gasteiger partial charge in [0.2, 0.25) is 10.0 Å². The van der Waals surface area contributed by atoms with Gasteiger partial charge in [0.15, 0.2) is 5.96 Å². The van der Waals surface area contributed by atoms with E-state index in [1.54, 1.807) is 6.07 Å². The van der Waals surface area contributed by atoms with Gasteiger partial charge in [0.1, 0.15) is 11.3 Å². The molecule has 0 unspecified atom stereocenters. The number of guanidine groups is 1. The van der Waals surface area contributed by atoms with Crippen LogP contribution in [0.3, 0.4) is 0 Å². The molecule has 3 rings (SSSR count). The van der Waals surface area contributed by atoms with Gasteiger partial charge < -0.3 is 15.1 Å². The Bertz CT molecular complexity index is 1140. The highest BCUT2D eigenvalue weighted by Crippen LogP contribution is 2.24. The standard InChI is InChI=1S/C22H28N4O3S/c1-4-24-22(26-14-21-16(2)19-10-5-6-11-20(19)29-21)25-13-17-8-7-9-18(12-17)15-30(27,28)23-3/h5-12,23H,4,13-15H2,1-3H3,(H2,24,25,26). The Kier molecular flexibility index (Phi) is 7.12. The lowest BCUT2D eigenvalue weighted by molar-refractivity contribution is 0.534. The molecule has 0 fully saturated rings. The van der Waals surface area contributed by atoms with Crippen LogP contribution in [0.2, 0.25) is 0 Å². The maximum atomic E-state index is 11.8. The Morgan fingerprint density at radius 1 is 1.07 bits per heavy atom. The Morgan fingerprint density at radius 3 is 2.57 bits per heavy atom. The van der Waals surface area contributed by atoms with Crippen LogP contribution in [-0.4, -0.2) is 28.0 Å². The lowest BCUT2D eigenvalue weighted by Crippen LogP contribution is -2.36. The Labute approximate surface area is 177 Å². The third-order valence-electron chi connectivity index (χ3n) is 4.78. The van der Waals surface area contributed by atoms with Crippen molar-refractivity contribution < 1.29 is 12.8 Å². The lowest BCUT2D eigenvalue weighted by atomic mass is 10.1. The second-order valence-electron chi connectivity index (χ2n) is 6.98. The van der Waals surface area contributed by atoms with Crippen molar-refractivity contribution in [2.45, 2.75) is 32.7 Å². The summed E-state index contributed by atoms with van der Waals surface area (Å²) in [5.41, 5.74) is 3.67. The molecule has 1 aromatic heterocycles. The Balaban J connectivity index is 1.69. The van der Waals surface area contributed by atoms with Crippen LogP contribution in [0.4, 0.5) is 0 Å². The first-order valence-corrected chi connectivity index (χ1v) is 11.6. The highest BCUT2D eigenvalue weighted by Gasteiger charge is 2.11. The van der Waals surface area contributed by atoms with E-state index in [1.165, 1.54) is 7.05 Å². The average molecular weight is 429 g/mol. The van der Waals surface area contributed by atoms with Crippen molar-refractivity contribution in [2.24, 2.45) is 4.99 Å². The summed E-state index contributed by atoms with van der Waals surface area (Å²) in [4.78, 5) is 4.63. The highest BCUT2D eigenvalue weighted by atomic mass is 32.2. The number of fused-ring (bicyclic) bond motifs is 1. The molecule has 3 aromatic rings. The fourth-order valence-corrected chi connectivity index (χ4v) is 3.94. The maximum absolute atomic E-state index is 11.8. The van der Waals surface area contributed by atoms with Crippen molar-refractivity contribution >= 4 is 27.0 Å². The second kappa shape index (κ2) is 9.77. The van der Waals surface area contributed by atoms with E-state index in [4.69, 9.17) is 4.42 Å². The molecular formula is C22H28N4O3S. The molecule has 1 heterocycles. The van der Waals surface area contributed by atoms with Crippen LogP contribution in [0.15, 0.2) is 57.9 Å². The van der Waals surface area contributed by atoms with Crippen molar-refractivity contribution in [2.75, 3.05) is 13.6 Å². The van der Waals surface area contributed by atoms with E-state index in [0.717, 1.165) is 40.0 Å². The summed E-state index contributed by atoms with van der Waals surface area (Å²) in [5.74, 6) is 1.50. The van der Waals surface area contributed by atoms with Crippen molar-refractivity contribution in [1.82, 2.24) is 15.4 Å². The van der Waals surface area contributed by atoms with Gasteiger partial charge in [0.05, 0.1) is 18.8 Å². The number of aryl methyl sites for hydroxylation is 1. The van der Waals surface area contributed by atoms with E-state index in [9.17, 15) is 8.42 Å². The summed E-state index contributed by atoms with van der Waals surface area (Å²) in [6.45, 7) is 5.74. The molecule has 8 heteroatoms. The monoisotopic (exact) mass is 428 g/mol. The first-order chi connectivity index (χ1) is 14.4. The van der Waals surface area contributed by atoms with Gasteiger partial charge in [-0.05, 0) is 38.1 Å². The third-order valence-corrected chi connectivity index (χ3v) is 6.12. The molecule has 3 N–H and O–H groups in total. The molecule has 0 aliphatic carbocycles. The third kappa shape index (κ3) is 5.61. The van der Waals surface area contributed by atoms with Crippen LogP contribution in [0.5, 0.6) is 0 Å². The number of hydrogen-bond donors (Lipinski definition) is 3. The zero-order valence-electron chi connectivity index (χ0n) is 17.5. The molecule has 0 amide bonds. The minimum absolute atomic E-state index is 0.0509. The van der Waals surface area contributed by atoms with Crippen molar-refractivity contribution in [3.05, 3.63) is 71.0 Å². The van der Waals surface area contributed by atoms with E-state index in [2.05, 4.69) is 33.3 Å². The molecule has 2 aromatic carbocycles. The van der Waals surface area contributed by atoms with Crippen molar-refractivity contribution in [3.8, 4) is 0 Å². The van der Waals surface area contributed by atoms with Gasteiger partial charge in [0, 0.05) is 17.5 Å². The van der Waals surface area contributed by atoms with Crippen LogP contribution in [0.1, 0.15) is 29.4 Å². The molecule has 30 heavy (non-hydrogen) atoms. The molecule has 0 radical (unpaired) electrons. The summed E-state index contributed by atoms with van der Waals surface area (Å²) in [6.07, 6.45) is 0. The fraction of sp³-hybridized carbons (Fsp3) is 0.318. The number of furan rings is 1. The van der Waals surface area contributed by atoms with Gasteiger partial charge in [-0.25, -0.2) is 18.1 Å². The number of nitrogens with zero attached hydrogens (tertiary/aromatic N) is 1. The van der Waals surface area contributed by atoms with Gasteiger partial charge in [-0.1, -0.05) is 42.5 Å². The van der Waals surface area contributed by atoms with E-state index in [0.29, 0.717) is 19.0 Å². The SMILES string of the molecule is CCNC(=NCc1cccc(CS(=O)(=O)NC)c1)NCc1oc2ccccc2c1C. The summed E-state index contributed by atoms with van der Waals surface area (Å²) in [7, 11) is -1.89. The zero-order chi connectivity index (χ0) is 21.6. The number of sulfonamides is 1. The first-order valence-electron chi connectivity index (χ1n) is 9.90. The molecule has 0 saturated carbocycles. The number of para-hydroxylation sites is 1. The van der Waals surface area contributed by atoms with Crippen LogP contribution in [0.25, 0.3) is 11.0 Å². The van der Waals surface area contributed by atoms with Gasteiger partial charge in [0.25, 0.3) is 0 Å². The molecule has 0 spiro atoms. The fourth-order valence-electron chi connectivity index (χ4n) is 3.18. The Hall–Kier alpha value is -2.84. The summed E-state index contributed by atoms with van der Waals surface area (Å²) in [6, 6.07) is 15.4. The predicted molar refractivity (Wildman–Crippen MR) is 121 cm³/mol. The topological polar surface area (TPSA) is 95.7 Å². The number of nitrogens with one attached hydrogen (secondary N) is 3. The number of rotatable bonds is 8. The number of benzene rings is 2. The molecule has 0 aliphatic heterocycles. The summed E-state index contributed by atoms with van der Waals surface area (Å²) < 4.78 is 31.8. The Morgan fingerprint density at radius 2 is 1.83 bits per heavy atom. The van der Waals surface area contributed by atoms with Crippen LogP contribution in [-0.2, 0) is 28.9 Å². The van der Waals surface area contributed by atoms with Gasteiger partial charge in [-0.2, -0.15) is 0 Å².